The second-order valence-corrected chi connectivity index (χ2v) is 5.12. The van der Waals surface area contributed by atoms with Crippen molar-refractivity contribution in [1.82, 2.24) is 20.2 Å². The quantitative estimate of drug-likeness (QED) is 0.688. The number of urea groups is 1. The van der Waals surface area contributed by atoms with E-state index in [1.807, 2.05) is 31.7 Å². The van der Waals surface area contributed by atoms with Crippen LogP contribution in [0.4, 0.5) is 4.79 Å². The molecule has 0 spiro atoms. The summed E-state index contributed by atoms with van der Waals surface area (Å²) in [5, 5.41) is 14.1. The number of nitrogens with zero attached hydrogens (tertiary/aromatic N) is 2. The van der Waals surface area contributed by atoms with Crippen LogP contribution in [0.1, 0.15) is 26.1 Å². The van der Waals surface area contributed by atoms with E-state index < -0.39 is 18.0 Å². The van der Waals surface area contributed by atoms with Crippen molar-refractivity contribution < 1.29 is 14.7 Å². The molecule has 0 radical (unpaired) electrons. The van der Waals surface area contributed by atoms with Crippen LogP contribution < -0.4 is 10.6 Å². The molecule has 112 valence electrons. The first kappa shape index (κ1) is 16.0. The largest absolute Gasteiger partial charge is 0.480 e. The lowest BCUT2D eigenvalue weighted by Gasteiger charge is -2.16. The number of carbonyl (C=O) groups excluding carboxylic acids is 1. The number of aliphatic carboxylic acids is 1. The van der Waals surface area contributed by atoms with Gasteiger partial charge in [-0.15, -0.1) is 0 Å². The molecule has 0 aliphatic rings. The fourth-order valence-corrected chi connectivity index (χ4v) is 1.83. The van der Waals surface area contributed by atoms with Crippen LogP contribution >= 0.6 is 0 Å². The van der Waals surface area contributed by atoms with Gasteiger partial charge in [0.05, 0.1) is 0 Å². The van der Waals surface area contributed by atoms with Gasteiger partial charge in [0.25, 0.3) is 0 Å². The highest BCUT2D eigenvalue weighted by Crippen LogP contribution is 2.04. The van der Waals surface area contributed by atoms with Crippen molar-refractivity contribution in [1.29, 1.82) is 0 Å². The summed E-state index contributed by atoms with van der Waals surface area (Å²) in [5.41, 5.74) is 0. The van der Waals surface area contributed by atoms with E-state index in [-0.39, 0.29) is 5.92 Å². The number of aryl methyl sites for hydroxylation is 1. The number of carboxylic acids is 1. The second-order valence-electron chi connectivity index (χ2n) is 5.12. The zero-order valence-corrected chi connectivity index (χ0v) is 12.1. The number of nitrogens with one attached hydrogen (secondary N) is 2. The average molecular weight is 282 g/mol. The fourth-order valence-electron chi connectivity index (χ4n) is 1.83. The Hall–Kier alpha value is -2.05. The number of amides is 2. The third kappa shape index (κ3) is 5.29. The van der Waals surface area contributed by atoms with Gasteiger partial charge in [-0.25, -0.2) is 14.6 Å². The molecule has 0 fully saturated rings. The molecule has 1 heterocycles. The number of hydrogen-bond acceptors (Lipinski definition) is 3. The summed E-state index contributed by atoms with van der Waals surface area (Å²) < 4.78 is 1.87. The Morgan fingerprint density at radius 3 is 2.65 bits per heavy atom. The third-order valence-electron chi connectivity index (χ3n) is 2.87. The van der Waals surface area contributed by atoms with Gasteiger partial charge in [0.2, 0.25) is 0 Å². The Balaban J connectivity index is 2.35. The number of carbonyl (C=O) groups is 2. The molecule has 0 saturated heterocycles. The highest BCUT2D eigenvalue weighted by atomic mass is 16.4. The molecule has 2 amide bonds. The number of rotatable bonds is 7. The molecule has 0 aromatic carbocycles. The van der Waals surface area contributed by atoms with E-state index in [1.165, 1.54) is 0 Å². The predicted molar refractivity (Wildman–Crippen MR) is 74.3 cm³/mol. The summed E-state index contributed by atoms with van der Waals surface area (Å²) in [4.78, 5) is 26.8. The number of hydrogen-bond donors (Lipinski definition) is 3. The molecule has 3 N–H and O–H groups in total. The molecule has 7 nitrogen and oxygen atoms in total. The summed E-state index contributed by atoms with van der Waals surface area (Å²) in [5.74, 6) is 0.0455. The molecule has 1 unspecified atom stereocenters. The molecule has 0 saturated carbocycles. The Morgan fingerprint density at radius 1 is 1.45 bits per heavy atom. The van der Waals surface area contributed by atoms with Crippen molar-refractivity contribution in [3.05, 3.63) is 18.2 Å². The topological polar surface area (TPSA) is 96.3 Å². The minimum absolute atomic E-state index is 0.198. The van der Waals surface area contributed by atoms with E-state index in [9.17, 15) is 9.59 Å². The van der Waals surface area contributed by atoms with Crippen LogP contribution in [0.2, 0.25) is 0 Å². The number of carboxylic acid groups (broad SMARTS) is 1. The molecular formula is C13H22N4O3. The number of imidazole rings is 1. The average Bonchev–Trinajstić information content (AvgIpc) is 2.73. The maximum absolute atomic E-state index is 11.6. The van der Waals surface area contributed by atoms with Crippen LogP contribution in [-0.2, 0) is 18.3 Å². The summed E-state index contributed by atoms with van der Waals surface area (Å²) in [6.07, 6.45) is 4.53. The molecule has 7 heteroatoms. The van der Waals surface area contributed by atoms with Gasteiger partial charge in [0, 0.05) is 32.4 Å². The Morgan fingerprint density at radius 2 is 2.15 bits per heavy atom. The number of aromatic nitrogens is 2. The molecule has 0 aliphatic carbocycles. The van der Waals surface area contributed by atoms with Crippen molar-refractivity contribution in [2.75, 3.05) is 6.54 Å². The van der Waals surface area contributed by atoms with Crippen LogP contribution in [0.25, 0.3) is 0 Å². The summed E-state index contributed by atoms with van der Waals surface area (Å²) >= 11 is 0. The van der Waals surface area contributed by atoms with Crippen LogP contribution in [-0.4, -0.2) is 39.2 Å². The molecule has 0 aliphatic heterocycles. The first-order chi connectivity index (χ1) is 9.40. The van der Waals surface area contributed by atoms with Crippen molar-refractivity contribution in [2.24, 2.45) is 13.0 Å². The van der Waals surface area contributed by atoms with Gasteiger partial charge >= 0.3 is 12.0 Å². The van der Waals surface area contributed by atoms with Crippen molar-refractivity contribution >= 4 is 12.0 Å². The Kier molecular flexibility index (Phi) is 6.02. The first-order valence-electron chi connectivity index (χ1n) is 6.63. The first-order valence-corrected chi connectivity index (χ1v) is 6.63. The summed E-state index contributed by atoms with van der Waals surface area (Å²) in [6, 6.07) is -1.32. The molecular weight excluding hydrogens is 260 g/mol. The third-order valence-corrected chi connectivity index (χ3v) is 2.87. The van der Waals surface area contributed by atoms with Crippen molar-refractivity contribution in [3.63, 3.8) is 0 Å². The van der Waals surface area contributed by atoms with Gasteiger partial charge in [0.1, 0.15) is 11.9 Å². The highest BCUT2D eigenvalue weighted by molar-refractivity contribution is 5.82. The molecule has 0 bridgehead atoms. The van der Waals surface area contributed by atoms with E-state index >= 15 is 0 Å². The zero-order valence-electron chi connectivity index (χ0n) is 12.1. The molecule has 1 aromatic rings. The maximum Gasteiger partial charge on any atom is 0.326 e. The Bertz CT molecular complexity index is 456. The predicted octanol–water partition coefficient (Wildman–Crippen LogP) is 0.761. The highest BCUT2D eigenvalue weighted by Gasteiger charge is 2.20. The van der Waals surface area contributed by atoms with Gasteiger partial charge in [0.15, 0.2) is 0 Å². The lowest BCUT2D eigenvalue weighted by molar-refractivity contribution is -0.139. The molecule has 1 atom stereocenters. The van der Waals surface area contributed by atoms with E-state index in [2.05, 4.69) is 15.6 Å². The van der Waals surface area contributed by atoms with E-state index in [0.29, 0.717) is 19.4 Å². The molecule has 1 aromatic heterocycles. The minimum atomic E-state index is -1.02. The molecule has 1 rings (SSSR count). The van der Waals surface area contributed by atoms with Gasteiger partial charge in [-0.2, -0.15) is 0 Å². The standard InChI is InChI=1S/C13H22N4O3/c1-9(2)8-10(12(18)19)16-13(20)15-5-4-11-14-6-7-17(11)3/h6-7,9-10H,4-5,8H2,1-3H3,(H,18,19)(H2,15,16,20). The maximum atomic E-state index is 11.6. The lowest BCUT2D eigenvalue weighted by Crippen LogP contribution is -2.47. The minimum Gasteiger partial charge on any atom is -0.480 e. The van der Waals surface area contributed by atoms with Crippen LogP contribution in [0.15, 0.2) is 12.4 Å². The van der Waals surface area contributed by atoms with Crippen LogP contribution in [0, 0.1) is 5.92 Å². The van der Waals surface area contributed by atoms with Gasteiger partial charge < -0.3 is 20.3 Å². The van der Waals surface area contributed by atoms with E-state index in [4.69, 9.17) is 5.11 Å². The van der Waals surface area contributed by atoms with Crippen LogP contribution in [0.3, 0.4) is 0 Å². The van der Waals surface area contributed by atoms with E-state index in [0.717, 1.165) is 5.82 Å². The smallest absolute Gasteiger partial charge is 0.326 e. The van der Waals surface area contributed by atoms with Gasteiger partial charge in [-0.05, 0) is 12.3 Å². The van der Waals surface area contributed by atoms with E-state index in [1.54, 1.807) is 6.20 Å². The molecule has 20 heavy (non-hydrogen) atoms. The fraction of sp³-hybridized carbons (Fsp3) is 0.615. The van der Waals surface area contributed by atoms with Gasteiger partial charge in [-0.1, -0.05) is 13.8 Å². The lowest BCUT2D eigenvalue weighted by atomic mass is 10.0. The second kappa shape index (κ2) is 7.52. The van der Waals surface area contributed by atoms with Gasteiger partial charge in [-0.3, -0.25) is 0 Å². The van der Waals surface area contributed by atoms with Crippen molar-refractivity contribution in [3.8, 4) is 0 Å². The van der Waals surface area contributed by atoms with Crippen LogP contribution in [0.5, 0.6) is 0 Å². The van der Waals surface area contributed by atoms with Crippen molar-refractivity contribution in [2.45, 2.75) is 32.7 Å². The summed E-state index contributed by atoms with van der Waals surface area (Å²) in [7, 11) is 1.88. The Labute approximate surface area is 118 Å². The normalized spacial score (nSPS) is 12.2. The SMILES string of the molecule is CC(C)CC(NC(=O)NCCc1nccn1C)C(=O)O. The summed E-state index contributed by atoms with van der Waals surface area (Å²) in [6.45, 7) is 4.23. The zero-order chi connectivity index (χ0) is 15.1. The monoisotopic (exact) mass is 282 g/mol.